The van der Waals surface area contributed by atoms with Gasteiger partial charge in [-0.05, 0) is 49.7 Å². The molecule has 0 saturated carbocycles. The van der Waals surface area contributed by atoms with E-state index in [-0.39, 0.29) is 23.8 Å². The standard InChI is InChI=1S/C19H27N3O3/c1-2-14-4-3-8-21-17(14)19(24)22-9-5-13(6-10-22)12-16-15(18(20)23)7-11-25-16/h3-4,8,13,15-16H,2,5-7,9-12H2,1H3,(H2,20,23)/t15-,16-/m1/s1. The van der Waals surface area contributed by atoms with Crippen LogP contribution in [0.25, 0.3) is 0 Å². The number of primary amides is 1. The van der Waals surface area contributed by atoms with Crippen molar-refractivity contribution >= 4 is 11.8 Å². The van der Waals surface area contributed by atoms with Crippen LogP contribution in [0.4, 0.5) is 0 Å². The molecule has 136 valence electrons. The lowest BCUT2D eigenvalue weighted by atomic mass is 9.86. The van der Waals surface area contributed by atoms with Crippen molar-refractivity contribution in [3.63, 3.8) is 0 Å². The highest BCUT2D eigenvalue weighted by Gasteiger charge is 2.35. The van der Waals surface area contributed by atoms with Crippen molar-refractivity contribution in [2.24, 2.45) is 17.6 Å². The minimum Gasteiger partial charge on any atom is -0.377 e. The second-order valence-corrected chi connectivity index (χ2v) is 7.04. The highest BCUT2D eigenvalue weighted by Crippen LogP contribution is 2.31. The zero-order chi connectivity index (χ0) is 17.8. The van der Waals surface area contributed by atoms with Crippen LogP contribution in [0.5, 0.6) is 0 Å². The second-order valence-electron chi connectivity index (χ2n) is 7.04. The lowest BCUT2D eigenvalue weighted by Crippen LogP contribution is -2.40. The molecule has 1 aromatic rings. The Morgan fingerprint density at radius 2 is 2.08 bits per heavy atom. The van der Waals surface area contributed by atoms with Crippen LogP contribution in [-0.2, 0) is 16.0 Å². The van der Waals surface area contributed by atoms with E-state index in [1.807, 2.05) is 24.0 Å². The van der Waals surface area contributed by atoms with E-state index in [1.165, 1.54) is 0 Å². The predicted octanol–water partition coefficient (Wildman–Crippen LogP) is 1.78. The third kappa shape index (κ3) is 4.00. The van der Waals surface area contributed by atoms with Gasteiger partial charge in [-0.2, -0.15) is 0 Å². The first-order valence-electron chi connectivity index (χ1n) is 9.24. The number of piperidine rings is 1. The fourth-order valence-corrected chi connectivity index (χ4v) is 3.97. The summed E-state index contributed by atoms with van der Waals surface area (Å²) in [5, 5.41) is 0. The topological polar surface area (TPSA) is 85.5 Å². The normalized spacial score (nSPS) is 24.4. The summed E-state index contributed by atoms with van der Waals surface area (Å²) in [7, 11) is 0. The van der Waals surface area contributed by atoms with Crippen LogP contribution in [0.3, 0.4) is 0 Å². The van der Waals surface area contributed by atoms with Gasteiger partial charge in [-0.1, -0.05) is 13.0 Å². The number of rotatable bonds is 5. The first kappa shape index (κ1) is 17.9. The third-order valence-corrected chi connectivity index (χ3v) is 5.52. The van der Waals surface area contributed by atoms with Gasteiger partial charge < -0.3 is 15.4 Å². The van der Waals surface area contributed by atoms with Gasteiger partial charge >= 0.3 is 0 Å². The number of nitrogens with two attached hydrogens (primary N) is 1. The van der Waals surface area contributed by atoms with Crippen molar-refractivity contribution in [1.82, 2.24) is 9.88 Å². The number of aryl methyl sites for hydroxylation is 1. The molecule has 6 nitrogen and oxygen atoms in total. The van der Waals surface area contributed by atoms with Crippen LogP contribution in [0.15, 0.2) is 18.3 Å². The lowest BCUT2D eigenvalue weighted by molar-refractivity contribution is -0.123. The van der Waals surface area contributed by atoms with E-state index in [0.717, 1.165) is 50.8 Å². The molecule has 2 saturated heterocycles. The minimum absolute atomic E-state index is 0.0306. The molecule has 0 spiro atoms. The Labute approximate surface area is 148 Å². The minimum atomic E-state index is -0.252. The molecule has 25 heavy (non-hydrogen) atoms. The number of amides is 2. The molecule has 0 unspecified atom stereocenters. The molecule has 0 bridgehead atoms. The van der Waals surface area contributed by atoms with Crippen molar-refractivity contribution < 1.29 is 14.3 Å². The van der Waals surface area contributed by atoms with Crippen LogP contribution in [-0.4, -0.2) is 47.5 Å². The average Bonchev–Trinajstić information content (AvgIpc) is 3.10. The van der Waals surface area contributed by atoms with Crippen molar-refractivity contribution in [2.75, 3.05) is 19.7 Å². The van der Waals surface area contributed by atoms with Crippen LogP contribution in [0.2, 0.25) is 0 Å². The number of aromatic nitrogens is 1. The van der Waals surface area contributed by atoms with E-state index in [2.05, 4.69) is 4.98 Å². The van der Waals surface area contributed by atoms with Crippen molar-refractivity contribution in [1.29, 1.82) is 0 Å². The first-order valence-corrected chi connectivity index (χ1v) is 9.24. The van der Waals surface area contributed by atoms with E-state index in [0.29, 0.717) is 18.2 Å². The summed E-state index contributed by atoms with van der Waals surface area (Å²) < 4.78 is 5.71. The molecule has 3 rings (SSSR count). The summed E-state index contributed by atoms with van der Waals surface area (Å²) in [5.41, 5.74) is 7.05. The number of hydrogen-bond donors (Lipinski definition) is 1. The van der Waals surface area contributed by atoms with Crippen LogP contribution < -0.4 is 5.73 Å². The quantitative estimate of drug-likeness (QED) is 0.881. The van der Waals surface area contributed by atoms with Gasteiger partial charge in [0, 0.05) is 25.9 Å². The Hall–Kier alpha value is -1.95. The van der Waals surface area contributed by atoms with Gasteiger partial charge in [0.15, 0.2) is 0 Å². The molecular formula is C19H27N3O3. The number of pyridine rings is 1. The zero-order valence-corrected chi connectivity index (χ0v) is 14.8. The van der Waals surface area contributed by atoms with Gasteiger partial charge in [0.25, 0.3) is 5.91 Å². The molecule has 0 aromatic carbocycles. The molecule has 6 heteroatoms. The van der Waals surface area contributed by atoms with Gasteiger partial charge in [0.2, 0.25) is 5.91 Å². The van der Waals surface area contributed by atoms with Crippen LogP contribution in [0, 0.1) is 11.8 Å². The van der Waals surface area contributed by atoms with Crippen molar-refractivity contribution in [2.45, 2.75) is 45.1 Å². The Bertz CT molecular complexity index is 626. The van der Waals surface area contributed by atoms with E-state index in [1.54, 1.807) is 6.20 Å². The highest BCUT2D eigenvalue weighted by molar-refractivity contribution is 5.93. The van der Waals surface area contributed by atoms with E-state index < -0.39 is 0 Å². The molecule has 3 heterocycles. The zero-order valence-electron chi connectivity index (χ0n) is 14.8. The van der Waals surface area contributed by atoms with Gasteiger partial charge in [-0.15, -0.1) is 0 Å². The molecule has 2 fully saturated rings. The molecular weight excluding hydrogens is 318 g/mol. The summed E-state index contributed by atoms with van der Waals surface area (Å²) >= 11 is 0. The molecule has 2 N–H and O–H groups in total. The smallest absolute Gasteiger partial charge is 0.272 e. The maximum atomic E-state index is 12.7. The summed E-state index contributed by atoms with van der Waals surface area (Å²) in [6.07, 6.45) is 5.90. The van der Waals surface area contributed by atoms with Gasteiger partial charge in [0.05, 0.1) is 12.0 Å². The fourth-order valence-electron chi connectivity index (χ4n) is 3.97. The lowest BCUT2D eigenvalue weighted by Gasteiger charge is -2.33. The maximum Gasteiger partial charge on any atom is 0.272 e. The van der Waals surface area contributed by atoms with E-state index in [9.17, 15) is 9.59 Å². The third-order valence-electron chi connectivity index (χ3n) is 5.52. The molecule has 2 atom stereocenters. The Kier molecular flexibility index (Phi) is 5.68. The van der Waals surface area contributed by atoms with Crippen molar-refractivity contribution in [3.05, 3.63) is 29.6 Å². The highest BCUT2D eigenvalue weighted by atomic mass is 16.5. The number of ether oxygens (including phenoxy) is 1. The molecule has 0 aliphatic carbocycles. The predicted molar refractivity (Wildman–Crippen MR) is 93.9 cm³/mol. The Morgan fingerprint density at radius 3 is 2.76 bits per heavy atom. The molecule has 2 aliphatic heterocycles. The summed E-state index contributed by atoms with van der Waals surface area (Å²) in [5.74, 6) is 0.101. The van der Waals surface area contributed by atoms with Crippen LogP contribution in [0.1, 0.15) is 48.7 Å². The number of hydrogen-bond acceptors (Lipinski definition) is 4. The van der Waals surface area contributed by atoms with E-state index in [4.69, 9.17) is 10.5 Å². The molecule has 2 amide bonds. The molecule has 2 aliphatic rings. The maximum absolute atomic E-state index is 12.7. The van der Waals surface area contributed by atoms with Crippen LogP contribution >= 0.6 is 0 Å². The summed E-state index contributed by atoms with van der Waals surface area (Å²) in [6.45, 7) is 4.13. The van der Waals surface area contributed by atoms with E-state index >= 15 is 0 Å². The SMILES string of the molecule is CCc1cccnc1C(=O)N1CCC(C[C@H]2OCC[C@H]2C(N)=O)CC1. The van der Waals surface area contributed by atoms with Gasteiger partial charge in [-0.3, -0.25) is 14.6 Å². The number of likely N-dealkylation sites (tertiary alicyclic amines) is 1. The number of carbonyl (C=O) groups is 2. The average molecular weight is 345 g/mol. The monoisotopic (exact) mass is 345 g/mol. The molecule has 0 radical (unpaired) electrons. The number of nitrogens with zero attached hydrogens (tertiary/aromatic N) is 2. The Balaban J connectivity index is 1.55. The molecule has 1 aromatic heterocycles. The largest absolute Gasteiger partial charge is 0.377 e. The summed E-state index contributed by atoms with van der Waals surface area (Å²) in [6, 6.07) is 3.84. The Morgan fingerprint density at radius 1 is 1.32 bits per heavy atom. The second kappa shape index (κ2) is 7.95. The van der Waals surface area contributed by atoms with Gasteiger partial charge in [0.1, 0.15) is 5.69 Å². The summed E-state index contributed by atoms with van der Waals surface area (Å²) in [4.78, 5) is 30.4. The first-order chi connectivity index (χ1) is 12.1. The number of carbonyl (C=O) groups excluding carboxylic acids is 2. The van der Waals surface area contributed by atoms with Crippen molar-refractivity contribution in [3.8, 4) is 0 Å². The van der Waals surface area contributed by atoms with Gasteiger partial charge in [-0.25, -0.2) is 0 Å². The fraction of sp³-hybridized carbons (Fsp3) is 0.632.